The molecule has 126 valence electrons. The van der Waals surface area contributed by atoms with E-state index < -0.39 is 12.0 Å². The third-order valence-electron chi connectivity index (χ3n) is 3.26. The molecule has 0 aliphatic carbocycles. The molecular weight excluding hydrogens is 308 g/mol. The summed E-state index contributed by atoms with van der Waals surface area (Å²) in [5, 5.41) is 2.72. The second-order valence-corrected chi connectivity index (χ2v) is 5.07. The number of para-hydroxylation sites is 2. The quantitative estimate of drug-likeness (QED) is 0.817. The largest absolute Gasteiger partial charge is 0.490 e. The number of primary amides is 1. The molecule has 0 aromatic heterocycles. The van der Waals surface area contributed by atoms with Crippen molar-refractivity contribution in [1.82, 2.24) is 0 Å². The molecule has 2 aromatic rings. The van der Waals surface area contributed by atoms with Crippen molar-refractivity contribution in [2.24, 2.45) is 5.73 Å². The van der Waals surface area contributed by atoms with Crippen molar-refractivity contribution in [3.8, 4) is 11.5 Å². The lowest BCUT2D eigenvalue weighted by Gasteiger charge is -2.17. The first-order chi connectivity index (χ1) is 11.5. The first-order valence-corrected chi connectivity index (χ1v) is 7.60. The number of nitrogens with two attached hydrogens (primary N) is 1. The highest BCUT2D eigenvalue weighted by molar-refractivity contribution is 5.96. The summed E-state index contributed by atoms with van der Waals surface area (Å²) < 4.78 is 11.2. The van der Waals surface area contributed by atoms with Gasteiger partial charge in [0.1, 0.15) is 0 Å². The van der Waals surface area contributed by atoms with Crippen LogP contribution in [0.25, 0.3) is 0 Å². The maximum absolute atomic E-state index is 12.2. The molecule has 0 saturated carbocycles. The lowest BCUT2D eigenvalue weighted by molar-refractivity contribution is -0.122. The third-order valence-corrected chi connectivity index (χ3v) is 3.26. The zero-order chi connectivity index (χ0) is 17.5. The van der Waals surface area contributed by atoms with Gasteiger partial charge in [0.25, 0.3) is 5.91 Å². The number of benzene rings is 2. The Morgan fingerprint density at radius 3 is 2.29 bits per heavy atom. The number of ether oxygens (including phenoxy) is 2. The van der Waals surface area contributed by atoms with Crippen molar-refractivity contribution in [2.75, 3.05) is 11.9 Å². The summed E-state index contributed by atoms with van der Waals surface area (Å²) in [5.74, 6) is 0.266. The maximum atomic E-state index is 12.2. The molecule has 6 heteroatoms. The number of hydrogen-bond donors (Lipinski definition) is 2. The van der Waals surface area contributed by atoms with Crippen LogP contribution in [0.2, 0.25) is 0 Å². The zero-order valence-corrected chi connectivity index (χ0v) is 13.6. The van der Waals surface area contributed by atoms with Gasteiger partial charge in [0.05, 0.1) is 6.61 Å². The second-order valence-electron chi connectivity index (χ2n) is 5.07. The second kappa shape index (κ2) is 8.01. The van der Waals surface area contributed by atoms with E-state index in [1.807, 2.05) is 19.1 Å². The van der Waals surface area contributed by atoms with E-state index >= 15 is 0 Å². The molecule has 2 rings (SSSR count). The van der Waals surface area contributed by atoms with E-state index in [0.717, 1.165) is 0 Å². The molecule has 3 N–H and O–H groups in total. The molecule has 0 spiro atoms. The summed E-state index contributed by atoms with van der Waals surface area (Å²) in [6, 6.07) is 13.5. The van der Waals surface area contributed by atoms with Crippen LogP contribution in [0, 0.1) is 0 Å². The highest BCUT2D eigenvalue weighted by Gasteiger charge is 2.17. The average Bonchev–Trinajstić information content (AvgIpc) is 2.57. The molecule has 2 aromatic carbocycles. The molecule has 0 bridgehead atoms. The van der Waals surface area contributed by atoms with Crippen LogP contribution in [0.4, 0.5) is 5.69 Å². The number of carbonyl (C=O) groups is 2. The number of carbonyl (C=O) groups excluding carboxylic acids is 2. The Bertz CT molecular complexity index is 713. The Morgan fingerprint density at radius 1 is 1.08 bits per heavy atom. The lowest BCUT2D eigenvalue weighted by Crippen LogP contribution is -2.30. The predicted molar refractivity (Wildman–Crippen MR) is 91.3 cm³/mol. The lowest BCUT2D eigenvalue weighted by atomic mass is 10.2. The molecular formula is C18H20N2O4. The first kappa shape index (κ1) is 17.3. The van der Waals surface area contributed by atoms with Gasteiger partial charge < -0.3 is 20.5 Å². The normalized spacial score (nSPS) is 11.4. The van der Waals surface area contributed by atoms with Gasteiger partial charge in [-0.05, 0) is 50.2 Å². The van der Waals surface area contributed by atoms with Gasteiger partial charge in [0.15, 0.2) is 17.6 Å². The SMILES string of the molecule is CCOc1ccccc1O[C@@H](C)C(=O)Nc1ccc(C(N)=O)cc1. The molecule has 0 fully saturated rings. The van der Waals surface area contributed by atoms with Gasteiger partial charge >= 0.3 is 0 Å². The number of rotatable bonds is 7. The molecule has 24 heavy (non-hydrogen) atoms. The van der Waals surface area contributed by atoms with Crippen molar-refractivity contribution >= 4 is 17.5 Å². The van der Waals surface area contributed by atoms with E-state index in [0.29, 0.717) is 29.4 Å². The van der Waals surface area contributed by atoms with E-state index in [-0.39, 0.29) is 5.91 Å². The Morgan fingerprint density at radius 2 is 1.71 bits per heavy atom. The minimum absolute atomic E-state index is 0.312. The number of hydrogen-bond acceptors (Lipinski definition) is 4. The van der Waals surface area contributed by atoms with Crippen LogP contribution in [0.1, 0.15) is 24.2 Å². The van der Waals surface area contributed by atoms with Crippen LogP contribution >= 0.6 is 0 Å². The topological polar surface area (TPSA) is 90.7 Å². The van der Waals surface area contributed by atoms with Crippen molar-refractivity contribution < 1.29 is 19.1 Å². The molecule has 0 unspecified atom stereocenters. The first-order valence-electron chi connectivity index (χ1n) is 7.60. The Balaban J connectivity index is 2.01. The number of nitrogens with one attached hydrogen (secondary N) is 1. The van der Waals surface area contributed by atoms with E-state index in [1.54, 1.807) is 43.3 Å². The van der Waals surface area contributed by atoms with Crippen molar-refractivity contribution in [1.29, 1.82) is 0 Å². The van der Waals surface area contributed by atoms with E-state index in [9.17, 15) is 9.59 Å². The minimum atomic E-state index is -0.720. The van der Waals surface area contributed by atoms with Crippen LogP contribution in [0.15, 0.2) is 48.5 Å². The van der Waals surface area contributed by atoms with Crippen molar-refractivity contribution in [2.45, 2.75) is 20.0 Å². The molecule has 2 amide bonds. The standard InChI is InChI=1S/C18H20N2O4/c1-3-23-15-6-4-5-7-16(15)24-12(2)18(22)20-14-10-8-13(9-11-14)17(19)21/h4-12H,3H2,1-2H3,(H2,19,21)(H,20,22)/t12-/m0/s1. The maximum Gasteiger partial charge on any atom is 0.265 e. The van der Waals surface area contributed by atoms with Gasteiger partial charge in [-0.1, -0.05) is 12.1 Å². The summed E-state index contributed by atoms with van der Waals surface area (Å²) in [4.78, 5) is 23.3. The Labute approximate surface area is 140 Å². The summed E-state index contributed by atoms with van der Waals surface area (Å²) in [6.45, 7) is 4.03. The zero-order valence-electron chi connectivity index (χ0n) is 13.6. The van der Waals surface area contributed by atoms with Gasteiger partial charge in [0, 0.05) is 11.3 Å². The molecule has 0 aliphatic rings. The summed E-state index contributed by atoms with van der Waals surface area (Å²) in [7, 11) is 0. The van der Waals surface area contributed by atoms with E-state index in [1.165, 1.54) is 0 Å². The molecule has 6 nitrogen and oxygen atoms in total. The molecule has 0 saturated heterocycles. The molecule has 0 radical (unpaired) electrons. The number of anilines is 1. The van der Waals surface area contributed by atoms with E-state index in [4.69, 9.17) is 15.2 Å². The summed E-state index contributed by atoms with van der Waals surface area (Å²) >= 11 is 0. The predicted octanol–water partition coefficient (Wildman–Crippen LogP) is 2.59. The van der Waals surface area contributed by atoms with Crippen LogP contribution in [-0.2, 0) is 4.79 Å². The van der Waals surface area contributed by atoms with Crippen molar-refractivity contribution in [3.05, 3.63) is 54.1 Å². The summed E-state index contributed by atoms with van der Waals surface area (Å²) in [6.07, 6.45) is -0.720. The molecule has 0 heterocycles. The number of amides is 2. The van der Waals surface area contributed by atoms with Crippen LogP contribution < -0.4 is 20.5 Å². The summed E-state index contributed by atoms with van der Waals surface area (Å²) in [5.41, 5.74) is 6.11. The fourth-order valence-corrected chi connectivity index (χ4v) is 2.03. The highest BCUT2D eigenvalue weighted by Crippen LogP contribution is 2.27. The van der Waals surface area contributed by atoms with Crippen LogP contribution in [0.5, 0.6) is 11.5 Å². The minimum Gasteiger partial charge on any atom is -0.490 e. The smallest absolute Gasteiger partial charge is 0.265 e. The Hall–Kier alpha value is -3.02. The van der Waals surface area contributed by atoms with Gasteiger partial charge in [0.2, 0.25) is 5.91 Å². The van der Waals surface area contributed by atoms with Gasteiger partial charge in [-0.2, -0.15) is 0 Å². The monoisotopic (exact) mass is 328 g/mol. The van der Waals surface area contributed by atoms with Gasteiger partial charge in [-0.25, -0.2) is 0 Å². The van der Waals surface area contributed by atoms with E-state index in [2.05, 4.69) is 5.32 Å². The van der Waals surface area contributed by atoms with Crippen molar-refractivity contribution in [3.63, 3.8) is 0 Å². The van der Waals surface area contributed by atoms with Crippen LogP contribution in [-0.4, -0.2) is 24.5 Å². The molecule has 1 atom stereocenters. The Kier molecular flexibility index (Phi) is 5.78. The average molecular weight is 328 g/mol. The van der Waals surface area contributed by atoms with Gasteiger partial charge in [-0.15, -0.1) is 0 Å². The third kappa shape index (κ3) is 4.49. The highest BCUT2D eigenvalue weighted by atomic mass is 16.5. The molecule has 0 aliphatic heterocycles. The van der Waals surface area contributed by atoms with Crippen LogP contribution in [0.3, 0.4) is 0 Å². The van der Waals surface area contributed by atoms with Gasteiger partial charge in [-0.3, -0.25) is 9.59 Å². The fraction of sp³-hybridized carbons (Fsp3) is 0.222. The fourth-order valence-electron chi connectivity index (χ4n) is 2.03.